The number of amides is 2. The van der Waals surface area contributed by atoms with E-state index in [2.05, 4.69) is 5.32 Å². The van der Waals surface area contributed by atoms with E-state index in [0.717, 1.165) is 12.1 Å². The van der Waals surface area contributed by atoms with Gasteiger partial charge in [0.05, 0.1) is 24.1 Å². The fraction of sp³-hybridized carbons (Fsp3) is 0.111. The zero-order chi connectivity index (χ0) is 19.4. The van der Waals surface area contributed by atoms with E-state index < -0.39 is 29.2 Å². The Labute approximate surface area is 151 Å². The van der Waals surface area contributed by atoms with Crippen LogP contribution < -0.4 is 10.6 Å². The maximum absolute atomic E-state index is 12.9. The molecule has 0 aliphatic rings. The van der Waals surface area contributed by atoms with Crippen molar-refractivity contribution in [3.63, 3.8) is 0 Å². The Hall–Kier alpha value is -3.49. The molecule has 0 unspecified atom stereocenters. The molecule has 6 nitrogen and oxygen atoms in total. The molecule has 3 aromatic rings. The van der Waals surface area contributed by atoms with Crippen molar-refractivity contribution in [1.29, 1.82) is 0 Å². The molecule has 2 amide bonds. The highest BCUT2D eigenvalue weighted by Gasteiger charge is 2.34. The van der Waals surface area contributed by atoms with Crippen molar-refractivity contribution in [3.8, 4) is 11.5 Å². The van der Waals surface area contributed by atoms with Crippen LogP contribution >= 0.6 is 0 Å². The van der Waals surface area contributed by atoms with Crippen LogP contribution in [0.5, 0.6) is 0 Å². The molecule has 0 fully saturated rings. The molecule has 0 bridgehead atoms. The Kier molecular flexibility index (Phi) is 5.02. The standard InChI is InChI=1S/C18H13F3N2O4/c19-18(20,21)12-4-1-2-5-13(12)23-17(25)16(24)22-10-11-7-8-15(27-11)14-6-3-9-26-14/h1-9H,10H2,(H,22,24)(H,23,25). The van der Waals surface area contributed by atoms with E-state index in [9.17, 15) is 22.8 Å². The van der Waals surface area contributed by atoms with Crippen LogP contribution in [0.25, 0.3) is 11.5 Å². The normalized spacial score (nSPS) is 11.2. The van der Waals surface area contributed by atoms with Gasteiger partial charge in [0.2, 0.25) is 0 Å². The van der Waals surface area contributed by atoms with E-state index in [1.165, 1.54) is 18.4 Å². The third-order valence-corrected chi connectivity index (χ3v) is 3.54. The predicted molar refractivity (Wildman–Crippen MR) is 88.3 cm³/mol. The number of para-hydroxylation sites is 1. The molecule has 27 heavy (non-hydrogen) atoms. The van der Waals surface area contributed by atoms with Gasteiger partial charge in [-0.15, -0.1) is 0 Å². The van der Waals surface area contributed by atoms with Crippen LogP contribution in [0.4, 0.5) is 18.9 Å². The molecule has 0 radical (unpaired) electrons. The smallest absolute Gasteiger partial charge is 0.418 e. The van der Waals surface area contributed by atoms with Crippen molar-refractivity contribution >= 4 is 17.5 Å². The Morgan fingerprint density at radius 1 is 0.926 bits per heavy atom. The number of carbonyl (C=O) groups excluding carboxylic acids is 2. The Bertz CT molecular complexity index is 946. The summed E-state index contributed by atoms with van der Waals surface area (Å²) in [6, 6.07) is 11.0. The van der Waals surface area contributed by atoms with Crippen LogP contribution in [0.3, 0.4) is 0 Å². The minimum Gasteiger partial charge on any atom is -0.461 e. The van der Waals surface area contributed by atoms with Gasteiger partial charge < -0.3 is 19.5 Å². The summed E-state index contributed by atoms with van der Waals surface area (Å²) in [6.45, 7) is -0.117. The van der Waals surface area contributed by atoms with Crippen molar-refractivity contribution in [1.82, 2.24) is 5.32 Å². The van der Waals surface area contributed by atoms with Gasteiger partial charge in [0, 0.05) is 0 Å². The van der Waals surface area contributed by atoms with Gasteiger partial charge >= 0.3 is 18.0 Å². The summed E-state index contributed by atoms with van der Waals surface area (Å²) in [7, 11) is 0. The first-order chi connectivity index (χ1) is 12.8. The summed E-state index contributed by atoms with van der Waals surface area (Å²) in [5.74, 6) is -1.03. The van der Waals surface area contributed by atoms with E-state index in [1.807, 2.05) is 5.32 Å². The highest BCUT2D eigenvalue weighted by Crippen LogP contribution is 2.34. The predicted octanol–water partition coefficient (Wildman–Crippen LogP) is 3.81. The largest absolute Gasteiger partial charge is 0.461 e. The molecular weight excluding hydrogens is 365 g/mol. The second-order valence-corrected chi connectivity index (χ2v) is 5.42. The van der Waals surface area contributed by atoms with Crippen molar-refractivity contribution in [2.45, 2.75) is 12.7 Å². The minimum absolute atomic E-state index is 0.117. The maximum Gasteiger partial charge on any atom is 0.418 e. The van der Waals surface area contributed by atoms with Crippen LogP contribution in [-0.4, -0.2) is 11.8 Å². The van der Waals surface area contributed by atoms with Crippen molar-refractivity contribution < 1.29 is 31.6 Å². The fourth-order valence-corrected chi connectivity index (χ4v) is 2.29. The number of carbonyl (C=O) groups is 2. The van der Waals surface area contributed by atoms with Crippen LogP contribution in [0, 0.1) is 0 Å². The van der Waals surface area contributed by atoms with E-state index in [4.69, 9.17) is 8.83 Å². The number of halogens is 3. The first kappa shape index (κ1) is 18.3. The first-order valence-corrected chi connectivity index (χ1v) is 7.72. The van der Waals surface area contributed by atoms with Gasteiger partial charge in [-0.05, 0) is 36.4 Å². The number of rotatable bonds is 4. The zero-order valence-corrected chi connectivity index (χ0v) is 13.7. The molecule has 140 valence electrons. The van der Waals surface area contributed by atoms with Crippen LogP contribution in [0.15, 0.2) is 63.6 Å². The van der Waals surface area contributed by atoms with Crippen molar-refractivity contribution in [2.75, 3.05) is 5.32 Å². The molecule has 0 aliphatic heterocycles. The molecule has 3 rings (SSSR count). The Balaban J connectivity index is 1.60. The average molecular weight is 378 g/mol. The van der Waals surface area contributed by atoms with Gasteiger partial charge in [-0.1, -0.05) is 12.1 Å². The van der Waals surface area contributed by atoms with Gasteiger partial charge in [0.25, 0.3) is 0 Å². The Morgan fingerprint density at radius 3 is 2.41 bits per heavy atom. The zero-order valence-electron chi connectivity index (χ0n) is 13.7. The van der Waals surface area contributed by atoms with E-state index >= 15 is 0 Å². The third kappa shape index (κ3) is 4.38. The molecule has 1 aromatic carbocycles. The second-order valence-electron chi connectivity index (χ2n) is 5.42. The second kappa shape index (κ2) is 7.40. The van der Waals surface area contributed by atoms with E-state index in [1.54, 1.807) is 24.3 Å². The van der Waals surface area contributed by atoms with Crippen LogP contribution in [-0.2, 0) is 22.3 Å². The highest BCUT2D eigenvalue weighted by molar-refractivity contribution is 6.39. The quantitative estimate of drug-likeness (QED) is 0.676. The van der Waals surface area contributed by atoms with E-state index in [-0.39, 0.29) is 6.54 Å². The minimum atomic E-state index is -4.66. The lowest BCUT2D eigenvalue weighted by Gasteiger charge is -2.13. The average Bonchev–Trinajstić information content (AvgIpc) is 3.30. The number of anilines is 1. The summed E-state index contributed by atoms with van der Waals surface area (Å²) < 4.78 is 49.4. The molecule has 2 N–H and O–H groups in total. The summed E-state index contributed by atoms with van der Waals surface area (Å²) in [6.07, 6.45) is -3.18. The van der Waals surface area contributed by atoms with Gasteiger partial charge in [-0.2, -0.15) is 13.2 Å². The number of benzene rings is 1. The molecule has 0 spiro atoms. The number of alkyl halides is 3. The molecule has 9 heteroatoms. The lowest BCUT2D eigenvalue weighted by molar-refractivity contribution is -0.138. The molecule has 0 aliphatic carbocycles. The maximum atomic E-state index is 12.9. The Morgan fingerprint density at radius 2 is 1.70 bits per heavy atom. The van der Waals surface area contributed by atoms with Crippen LogP contribution in [0.2, 0.25) is 0 Å². The lowest BCUT2D eigenvalue weighted by Crippen LogP contribution is -2.35. The third-order valence-electron chi connectivity index (χ3n) is 3.54. The molecule has 2 aromatic heterocycles. The fourth-order valence-electron chi connectivity index (χ4n) is 2.29. The monoisotopic (exact) mass is 378 g/mol. The SMILES string of the molecule is O=C(NCc1ccc(-c2ccco2)o1)C(=O)Nc1ccccc1C(F)(F)F. The molecule has 0 saturated carbocycles. The summed E-state index contributed by atoms with van der Waals surface area (Å²) in [5.41, 5.74) is -1.54. The molecular formula is C18H13F3N2O4. The number of hydrogen-bond donors (Lipinski definition) is 2. The highest BCUT2D eigenvalue weighted by atomic mass is 19.4. The van der Waals surface area contributed by atoms with Gasteiger partial charge in [-0.3, -0.25) is 9.59 Å². The van der Waals surface area contributed by atoms with Gasteiger partial charge in [0.1, 0.15) is 5.76 Å². The lowest BCUT2D eigenvalue weighted by atomic mass is 10.1. The van der Waals surface area contributed by atoms with E-state index in [0.29, 0.717) is 17.3 Å². The number of nitrogens with one attached hydrogen (secondary N) is 2. The summed E-state index contributed by atoms with van der Waals surface area (Å²) >= 11 is 0. The molecule has 2 heterocycles. The van der Waals surface area contributed by atoms with Crippen LogP contribution in [0.1, 0.15) is 11.3 Å². The van der Waals surface area contributed by atoms with Gasteiger partial charge in [-0.25, -0.2) is 0 Å². The topological polar surface area (TPSA) is 84.5 Å². The molecule has 0 saturated heterocycles. The number of hydrogen-bond acceptors (Lipinski definition) is 4. The first-order valence-electron chi connectivity index (χ1n) is 7.72. The molecule has 0 atom stereocenters. The summed E-state index contributed by atoms with van der Waals surface area (Å²) in [5, 5.41) is 4.24. The van der Waals surface area contributed by atoms with Gasteiger partial charge in [0.15, 0.2) is 11.5 Å². The van der Waals surface area contributed by atoms with Crippen molar-refractivity contribution in [3.05, 3.63) is 66.1 Å². The number of furan rings is 2. The summed E-state index contributed by atoms with van der Waals surface area (Å²) in [4.78, 5) is 23.7. The van der Waals surface area contributed by atoms with Crippen molar-refractivity contribution in [2.24, 2.45) is 0 Å².